The van der Waals surface area contributed by atoms with Gasteiger partial charge in [-0.1, -0.05) is 18.0 Å². The Bertz CT molecular complexity index is 188. The van der Waals surface area contributed by atoms with Crippen LogP contribution < -0.4 is 0 Å². The minimum absolute atomic E-state index is 0.0460. The van der Waals surface area contributed by atoms with Crippen LogP contribution in [0.25, 0.3) is 0 Å². The van der Waals surface area contributed by atoms with Crippen LogP contribution in [-0.2, 0) is 4.79 Å². The zero-order valence-electron chi connectivity index (χ0n) is 6.27. The minimum Gasteiger partial charge on any atom is -0.477 e. The fourth-order valence-corrected chi connectivity index (χ4v) is 1.54. The normalized spacial score (nSPS) is 18.1. The predicted octanol–water partition coefficient (Wildman–Crippen LogP) is 2.53. The van der Waals surface area contributed by atoms with E-state index in [2.05, 4.69) is 0 Å². The van der Waals surface area contributed by atoms with Gasteiger partial charge in [0.25, 0.3) is 0 Å². The molecule has 1 rings (SSSR count). The van der Waals surface area contributed by atoms with Gasteiger partial charge >= 0.3 is 5.97 Å². The minimum atomic E-state index is -0.983. The average molecular weight is 175 g/mol. The van der Waals surface area contributed by atoms with E-state index in [1.54, 1.807) is 0 Å². The van der Waals surface area contributed by atoms with Crippen LogP contribution in [0.2, 0.25) is 0 Å². The number of rotatable bonds is 1. The standard InChI is InChI=1S/C8H11ClO2/c9-7(8(10)11)6-4-2-1-3-5-6/h1-5H2,(H,10,11). The quantitative estimate of drug-likeness (QED) is 0.621. The zero-order valence-corrected chi connectivity index (χ0v) is 7.02. The van der Waals surface area contributed by atoms with E-state index < -0.39 is 5.97 Å². The molecule has 0 aliphatic heterocycles. The van der Waals surface area contributed by atoms with Crippen molar-refractivity contribution in [3.05, 3.63) is 10.6 Å². The highest BCUT2D eigenvalue weighted by Crippen LogP contribution is 2.27. The van der Waals surface area contributed by atoms with Crippen molar-refractivity contribution >= 4 is 17.6 Å². The fraction of sp³-hybridized carbons (Fsp3) is 0.625. The maximum absolute atomic E-state index is 10.4. The Hall–Kier alpha value is -0.500. The van der Waals surface area contributed by atoms with E-state index in [0.717, 1.165) is 31.3 Å². The monoisotopic (exact) mass is 174 g/mol. The molecule has 0 heterocycles. The lowest BCUT2D eigenvalue weighted by molar-refractivity contribution is -0.132. The van der Waals surface area contributed by atoms with Gasteiger partial charge < -0.3 is 5.11 Å². The SMILES string of the molecule is O=C(O)C(Cl)=C1CCCCC1. The smallest absolute Gasteiger partial charge is 0.347 e. The molecule has 11 heavy (non-hydrogen) atoms. The molecule has 3 heteroatoms. The van der Waals surface area contributed by atoms with Crippen molar-refractivity contribution in [1.82, 2.24) is 0 Å². The average Bonchev–Trinajstić information content (AvgIpc) is 2.05. The summed E-state index contributed by atoms with van der Waals surface area (Å²) in [4.78, 5) is 10.4. The number of carboxylic acid groups (broad SMARTS) is 1. The third-order valence-corrected chi connectivity index (χ3v) is 2.38. The molecular weight excluding hydrogens is 164 g/mol. The first-order valence-corrected chi connectivity index (χ1v) is 4.20. The van der Waals surface area contributed by atoms with Crippen LogP contribution in [-0.4, -0.2) is 11.1 Å². The van der Waals surface area contributed by atoms with Crippen LogP contribution in [0.15, 0.2) is 10.6 Å². The lowest BCUT2D eigenvalue weighted by Crippen LogP contribution is -2.02. The number of allylic oxidation sites excluding steroid dienone is 1. The summed E-state index contributed by atoms with van der Waals surface area (Å²) >= 11 is 5.57. The van der Waals surface area contributed by atoms with Gasteiger partial charge in [0.2, 0.25) is 0 Å². The first kappa shape index (κ1) is 8.60. The molecule has 0 atom stereocenters. The second-order valence-corrected chi connectivity index (χ2v) is 3.16. The molecular formula is C8H11ClO2. The lowest BCUT2D eigenvalue weighted by Gasteiger charge is -2.13. The summed E-state index contributed by atoms with van der Waals surface area (Å²) < 4.78 is 0. The highest BCUT2D eigenvalue weighted by molar-refractivity contribution is 6.41. The van der Waals surface area contributed by atoms with Gasteiger partial charge in [-0.25, -0.2) is 4.79 Å². The second kappa shape index (κ2) is 3.77. The van der Waals surface area contributed by atoms with E-state index >= 15 is 0 Å². The number of halogens is 1. The molecule has 1 fully saturated rings. The molecule has 1 aliphatic rings. The Balaban J connectivity index is 2.68. The summed E-state index contributed by atoms with van der Waals surface area (Å²) in [5.74, 6) is -0.983. The largest absolute Gasteiger partial charge is 0.477 e. The van der Waals surface area contributed by atoms with Gasteiger partial charge in [-0.2, -0.15) is 0 Å². The molecule has 0 bridgehead atoms. The van der Waals surface area contributed by atoms with Crippen LogP contribution >= 0.6 is 11.6 Å². The Kier molecular flexibility index (Phi) is 2.94. The summed E-state index contributed by atoms with van der Waals surface area (Å²) in [6.07, 6.45) is 5.10. The number of hydrogen-bond donors (Lipinski definition) is 1. The van der Waals surface area contributed by atoms with Crippen molar-refractivity contribution in [3.8, 4) is 0 Å². The number of aliphatic carboxylic acids is 1. The maximum Gasteiger partial charge on any atom is 0.347 e. The van der Waals surface area contributed by atoms with E-state index in [4.69, 9.17) is 16.7 Å². The first-order chi connectivity index (χ1) is 5.22. The van der Waals surface area contributed by atoms with Crippen molar-refractivity contribution in [2.24, 2.45) is 0 Å². The summed E-state index contributed by atoms with van der Waals surface area (Å²) in [7, 11) is 0. The number of carbonyl (C=O) groups is 1. The van der Waals surface area contributed by atoms with Crippen LogP contribution in [0.1, 0.15) is 32.1 Å². The van der Waals surface area contributed by atoms with Gasteiger partial charge in [0.15, 0.2) is 0 Å². The molecule has 0 aromatic rings. The molecule has 0 saturated heterocycles. The van der Waals surface area contributed by atoms with E-state index in [1.165, 1.54) is 6.42 Å². The fourth-order valence-electron chi connectivity index (χ4n) is 1.35. The van der Waals surface area contributed by atoms with Gasteiger partial charge in [0.05, 0.1) is 0 Å². The Morgan fingerprint density at radius 2 is 1.82 bits per heavy atom. The summed E-state index contributed by atoms with van der Waals surface area (Å²) in [6, 6.07) is 0. The Labute approximate surface area is 70.9 Å². The van der Waals surface area contributed by atoms with Crippen molar-refractivity contribution in [2.75, 3.05) is 0 Å². The third-order valence-electron chi connectivity index (χ3n) is 1.96. The van der Waals surface area contributed by atoms with E-state index in [9.17, 15) is 4.79 Å². The molecule has 0 aromatic heterocycles. The maximum atomic E-state index is 10.4. The van der Waals surface area contributed by atoms with Crippen molar-refractivity contribution < 1.29 is 9.90 Å². The van der Waals surface area contributed by atoms with Gasteiger partial charge in [0.1, 0.15) is 5.03 Å². The second-order valence-electron chi connectivity index (χ2n) is 2.78. The molecule has 0 aromatic carbocycles. The first-order valence-electron chi connectivity index (χ1n) is 3.82. The Morgan fingerprint density at radius 3 is 2.27 bits per heavy atom. The van der Waals surface area contributed by atoms with Gasteiger partial charge in [-0.3, -0.25) is 0 Å². The molecule has 1 saturated carbocycles. The highest BCUT2D eigenvalue weighted by atomic mass is 35.5. The molecule has 2 nitrogen and oxygen atoms in total. The Morgan fingerprint density at radius 1 is 1.27 bits per heavy atom. The zero-order chi connectivity index (χ0) is 8.27. The van der Waals surface area contributed by atoms with Gasteiger partial charge in [-0.05, 0) is 31.3 Å². The van der Waals surface area contributed by atoms with Gasteiger partial charge in [-0.15, -0.1) is 0 Å². The van der Waals surface area contributed by atoms with Crippen LogP contribution in [0.5, 0.6) is 0 Å². The van der Waals surface area contributed by atoms with E-state index in [0.29, 0.717) is 0 Å². The highest BCUT2D eigenvalue weighted by Gasteiger charge is 2.13. The topological polar surface area (TPSA) is 37.3 Å². The van der Waals surface area contributed by atoms with Crippen molar-refractivity contribution in [3.63, 3.8) is 0 Å². The molecule has 62 valence electrons. The lowest BCUT2D eigenvalue weighted by atomic mass is 9.95. The van der Waals surface area contributed by atoms with Crippen molar-refractivity contribution in [2.45, 2.75) is 32.1 Å². The predicted molar refractivity (Wildman–Crippen MR) is 43.6 cm³/mol. The molecule has 0 amide bonds. The van der Waals surface area contributed by atoms with Crippen LogP contribution in [0.4, 0.5) is 0 Å². The molecule has 0 spiro atoms. The summed E-state index contributed by atoms with van der Waals surface area (Å²) in [5, 5.41) is 8.59. The number of hydrogen-bond acceptors (Lipinski definition) is 1. The third kappa shape index (κ3) is 2.22. The van der Waals surface area contributed by atoms with E-state index in [-0.39, 0.29) is 5.03 Å². The molecule has 1 N–H and O–H groups in total. The van der Waals surface area contributed by atoms with E-state index in [1.807, 2.05) is 0 Å². The van der Waals surface area contributed by atoms with Crippen molar-refractivity contribution in [1.29, 1.82) is 0 Å². The molecule has 0 radical (unpaired) electrons. The molecule has 1 aliphatic carbocycles. The number of carboxylic acids is 1. The van der Waals surface area contributed by atoms with Gasteiger partial charge in [0, 0.05) is 0 Å². The van der Waals surface area contributed by atoms with Crippen LogP contribution in [0, 0.1) is 0 Å². The molecule has 0 unspecified atom stereocenters. The summed E-state index contributed by atoms with van der Waals surface area (Å²) in [6.45, 7) is 0. The summed E-state index contributed by atoms with van der Waals surface area (Å²) in [5.41, 5.74) is 0.922. The van der Waals surface area contributed by atoms with Crippen LogP contribution in [0.3, 0.4) is 0 Å².